The quantitative estimate of drug-likeness (QED) is 0.156. The van der Waals surface area contributed by atoms with Crippen molar-refractivity contribution in [3.63, 3.8) is 0 Å². The third-order valence-corrected chi connectivity index (χ3v) is 9.94. The summed E-state index contributed by atoms with van der Waals surface area (Å²) < 4.78 is 29.3. The summed E-state index contributed by atoms with van der Waals surface area (Å²) in [5.74, 6) is -0.791. The molecule has 0 heterocycles. The maximum absolute atomic E-state index is 14.5. The Morgan fingerprint density at radius 3 is 2.07 bits per heavy atom. The summed E-state index contributed by atoms with van der Waals surface area (Å²) >= 11 is 18.8. The zero-order valence-electron chi connectivity index (χ0n) is 25.8. The number of carbonyl (C=O) groups excluding carboxylic acids is 2. The van der Waals surface area contributed by atoms with Crippen LogP contribution in [0, 0.1) is 12.8 Å². The molecule has 0 radical (unpaired) electrons. The van der Waals surface area contributed by atoms with Crippen LogP contribution in [0.4, 0.5) is 5.69 Å². The first-order chi connectivity index (χ1) is 21.8. The number of hydrogen-bond acceptors (Lipinski definition) is 4. The molecule has 0 saturated carbocycles. The molecule has 242 valence electrons. The zero-order valence-corrected chi connectivity index (χ0v) is 28.9. The number of halogens is 3. The number of hydrogen-bond donors (Lipinski definition) is 1. The maximum atomic E-state index is 14.5. The molecule has 4 rings (SSSR count). The Bertz CT molecular complexity index is 1750. The van der Waals surface area contributed by atoms with Crippen molar-refractivity contribution in [3.05, 3.63) is 129 Å². The van der Waals surface area contributed by atoms with Crippen LogP contribution in [0.3, 0.4) is 0 Å². The molecule has 7 nitrogen and oxygen atoms in total. The highest BCUT2D eigenvalue weighted by Gasteiger charge is 2.35. The second-order valence-electron chi connectivity index (χ2n) is 11.4. The highest BCUT2D eigenvalue weighted by atomic mass is 35.5. The third-order valence-electron chi connectivity index (χ3n) is 7.31. The van der Waals surface area contributed by atoms with Crippen molar-refractivity contribution in [1.82, 2.24) is 10.2 Å². The van der Waals surface area contributed by atoms with Gasteiger partial charge in [-0.15, -0.1) is 0 Å². The molecule has 0 bridgehead atoms. The molecule has 1 N–H and O–H groups in total. The molecule has 0 aliphatic rings. The summed E-state index contributed by atoms with van der Waals surface area (Å²) in [7, 11) is -4.24. The van der Waals surface area contributed by atoms with Gasteiger partial charge in [0, 0.05) is 34.6 Å². The van der Waals surface area contributed by atoms with Crippen molar-refractivity contribution in [2.75, 3.05) is 17.4 Å². The van der Waals surface area contributed by atoms with E-state index in [4.69, 9.17) is 34.8 Å². The van der Waals surface area contributed by atoms with E-state index in [-0.39, 0.29) is 29.7 Å². The van der Waals surface area contributed by atoms with Gasteiger partial charge in [-0.1, -0.05) is 103 Å². The molecule has 0 spiro atoms. The Labute approximate surface area is 286 Å². The first-order valence-electron chi connectivity index (χ1n) is 14.7. The van der Waals surface area contributed by atoms with Gasteiger partial charge >= 0.3 is 0 Å². The maximum Gasteiger partial charge on any atom is 0.264 e. The van der Waals surface area contributed by atoms with Gasteiger partial charge in [0.2, 0.25) is 11.8 Å². The van der Waals surface area contributed by atoms with E-state index >= 15 is 0 Å². The normalized spacial score (nSPS) is 12.1. The molecular formula is C35H36Cl3N3O4S. The van der Waals surface area contributed by atoms with Gasteiger partial charge in [-0.05, 0) is 72.5 Å². The van der Waals surface area contributed by atoms with Gasteiger partial charge < -0.3 is 10.2 Å². The summed E-state index contributed by atoms with van der Waals surface area (Å²) in [5, 5.41) is 4.08. The molecular weight excluding hydrogens is 665 g/mol. The van der Waals surface area contributed by atoms with E-state index < -0.39 is 28.5 Å². The highest BCUT2D eigenvalue weighted by Crippen LogP contribution is 2.28. The Hall–Kier alpha value is -3.56. The fourth-order valence-corrected chi connectivity index (χ4v) is 6.79. The standard InChI is InChI=1S/C35H36Cl3N3O4S/c1-24(2)21-39-35(43)33(19-26-7-5-4-6-8-26)40(22-27-11-12-29(37)20-32(27)38)34(42)23-41(30-15-9-25(3)10-16-30)46(44,45)31-17-13-28(36)14-18-31/h4-18,20,24,33H,19,21-23H2,1-3H3,(H,39,43)/t33-/m1/s1. The van der Waals surface area contributed by atoms with E-state index in [0.717, 1.165) is 15.4 Å². The zero-order chi connectivity index (χ0) is 33.4. The number of anilines is 1. The Morgan fingerprint density at radius 1 is 0.826 bits per heavy atom. The predicted molar refractivity (Wildman–Crippen MR) is 186 cm³/mol. The number of sulfonamides is 1. The van der Waals surface area contributed by atoms with Crippen LogP contribution in [-0.2, 0) is 32.6 Å². The molecule has 4 aromatic carbocycles. The molecule has 0 saturated heterocycles. The average molecular weight is 701 g/mol. The smallest absolute Gasteiger partial charge is 0.264 e. The first kappa shape index (κ1) is 35.3. The summed E-state index contributed by atoms with van der Waals surface area (Å²) in [4.78, 5) is 29.8. The van der Waals surface area contributed by atoms with Gasteiger partial charge in [0.1, 0.15) is 12.6 Å². The number of nitrogens with one attached hydrogen (secondary N) is 1. The SMILES string of the molecule is Cc1ccc(N(CC(=O)N(Cc2ccc(Cl)cc2Cl)[C@H](Cc2ccccc2)C(=O)NCC(C)C)S(=O)(=O)c2ccc(Cl)cc2)cc1. The predicted octanol–water partition coefficient (Wildman–Crippen LogP) is 7.56. The Kier molecular flexibility index (Phi) is 12.1. The summed E-state index contributed by atoms with van der Waals surface area (Å²) in [5.41, 5.74) is 2.60. The van der Waals surface area contributed by atoms with Crippen molar-refractivity contribution >= 4 is 62.3 Å². The van der Waals surface area contributed by atoms with Crippen LogP contribution >= 0.6 is 34.8 Å². The molecule has 0 aliphatic carbocycles. The van der Waals surface area contributed by atoms with Gasteiger partial charge in [0.15, 0.2) is 0 Å². The summed E-state index contributed by atoms with van der Waals surface area (Å²) in [6.07, 6.45) is 0.191. The topological polar surface area (TPSA) is 86.8 Å². The summed E-state index contributed by atoms with van der Waals surface area (Å²) in [6, 6.07) is 25.9. The van der Waals surface area contributed by atoms with E-state index in [2.05, 4.69) is 5.32 Å². The number of nitrogens with zero attached hydrogens (tertiary/aromatic N) is 2. The van der Waals surface area contributed by atoms with E-state index in [1.807, 2.05) is 51.1 Å². The second kappa shape index (κ2) is 15.8. The number of rotatable bonds is 13. The van der Waals surface area contributed by atoms with E-state index in [1.54, 1.807) is 42.5 Å². The van der Waals surface area contributed by atoms with Crippen molar-refractivity contribution < 1.29 is 18.0 Å². The van der Waals surface area contributed by atoms with Crippen molar-refractivity contribution in [3.8, 4) is 0 Å². The van der Waals surface area contributed by atoms with E-state index in [1.165, 1.54) is 29.2 Å². The number of carbonyl (C=O) groups is 2. The molecule has 0 aliphatic heterocycles. The van der Waals surface area contributed by atoms with Crippen molar-refractivity contribution in [2.24, 2.45) is 5.92 Å². The largest absolute Gasteiger partial charge is 0.354 e. The minimum Gasteiger partial charge on any atom is -0.354 e. The molecule has 2 amide bonds. The fraction of sp³-hybridized carbons (Fsp3) is 0.257. The minimum atomic E-state index is -4.24. The molecule has 0 unspecified atom stereocenters. The number of amides is 2. The van der Waals surface area contributed by atoms with Crippen LogP contribution < -0.4 is 9.62 Å². The van der Waals surface area contributed by atoms with Gasteiger partial charge in [0.25, 0.3) is 10.0 Å². The summed E-state index contributed by atoms with van der Waals surface area (Å²) in [6.45, 7) is 5.59. The Balaban J connectivity index is 1.81. The minimum absolute atomic E-state index is 0.0342. The highest BCUT2D eigenvalue weighted by molar-refractivity contribution is 7.92. The lowest BCUT2D eigenvalue weighted by Crippen LogP contribution is -2.53. The molecule has 4 aromatic rings. The first-order valence-corrected chi connectivity index (χ1v) is 17.3. The van der Waals surface area contributed by atoms with Crippen LogP contribution in [0.25, 0.3) is 0 Å². The van der Waals surface area contributed by atoms with Crippen molar-refractivity contribution in [2.45, 2.75) is 44.7 Å². The Morgan fingerprint density at radius 2 is 1.46 bits per heavy atom. The monoisotopic (exact) mass is 699 g/mol. The fourth-order valence-electron chi connectivity index (χ4n) is 4.78. The van der Waals surface area contributed by atoms with E-state index in [9.17, 15) is 18.0 Å². The molecule has 11 heteroatoms. The lowest BCUT2D eigenvalue weighted by molar-refractivity contribution is -0.140. The van der Waals surface area contributed by atoms with Gasteiger partial charge in [-0.3, -0.25) is 13.9 Å². The van der Waals surface area contributed by atoms with Crippen molar-refractivity contribution in [1.29, 1.82) is 0 Å². The number of aryl methyl sites for hydroxylation is 1. The molecule has 1 atom stereocenters. The van der Waals surface area contributed by atoms with E-state index in [0.29, 0.717) is 32.9 Å². The lowest BCUT2D eigenvalue weighted by atomic mass is 10.0. The van der Waals surface area contributed by atoms with Gasteiger partial charge in [-0.2, -0.15) is 0 Å². The lowest BCUT2D eigenvalue weighted by Gasteiger charge is -2.34. The molecule has 0 aromatic heterocycles. The van der Waals surface area contributed by atoms with Crippen LogP contribution in [0.15, 0.2) is 102 Å². The van der Waals surface area contributed by atoms with Crippen LogP contribution in [0.5, 0.6) is 0 Å². The second-order valence-corrected chi connectivity index (χ2v) is 14.5. The number of benzene rings is 4. The van der Waals surface area contributed by atoms with Gasteiger partial charge in [-0.25, -0.2) is 8.42 Å². The average Bonchev–Trinajstić information content (AvgIpc) is 3.02. The van der Waals surface area contributed by atoms with Crippen LogP contribution in [0.2, 0.25) is 15.1 Å². The molecule has 46 heavy (non-hydrogen) atoms. The van der Waals surface area contributed by atoms with Crippen LogP contribution in [0.1, 0.15) is 30.5 Å². The van der Waals surface area contributed by atoms with Gasteiger partial charge in [0.05, 0.1) is 10.6 Å². The van der Waals surface area contributed by atoms with Crippen LogP contribution in [-0.4, -0.2) is 44.3 Å². The third kappa shape index (κ3) is 9.26. The molecule has 0 fully saturated rings.